The molecular weight excluding hydrogens is 386 g/mol. The Bertz CT molecular complexity index is 1070. The number of aromatic amines is 1. The van der Waals surface area contributed by atoms with Gasteiger partial charge in [0.25, 0.3) is 5.88 Å². The number of ether oxygens (including phenoxy) is 3. The van der Waals surface area contributed by atoms with E-state index >= 15 is 0 Å². The van der Waals surface area contributed by atoms with Crippen molar-refractivity contribution in [1.29, 1.82) is 0 Å². The van der Waals surface area contributed by atoms with Crippen LogP contribution in [0.15, 0.2) is 59.9 Å². The number of nitrogens with zero attached hydrogens (tertiary/aromatic N) is 3. The van der Waals surface area contributed by atoms with Crippen LogP contribution in [0.2, 0.25) is 0 Å². The summed E-state index contributed by atoms with van der Waals surface area (Å²) in [5, 5.41) is 0. The molecule has 30 heavy (non-hydrogen) atoms. The number of hydrogen-bond donors (Lipinski definition) is 2. The van der Waals surface area contributed by atoms with Gasteiger partial charge in [-0.05, 0) is 35.9 Å². The summed E-state index contributed by atoms with van der Waals surface area (Å²) >= 11 is 0. The second-order valence-electron chi connectivity index (χ2n) is 5.98. The Morgan fingerprint density at radius 3 is 2.40 bits per heavy atom. The van der Waals surface area contributed by atoms with Crippen LogP contribution in [0.25, 0.3) is 5.70 Å². The maximum Gasteiger partial charge on any atom is 0.337 e. The Morgan fingerprint density at radius 1 is 1.07 bits per heavy atom. The number of pyridine rings is 1. The Balaban J connectivity index is 1.99. The van der Waals surface area contributed by atoms with E-state index in [9.17, 15) is 4.79 Å². The summed E-state index contributed by atoms with van der Waals surface area (Å²) in [6, 6.07) is 10.1. The van der Waals surface area contributed by atoms with E-state index in [1.165, 1.54) is 21.3 Å². The highest BCUT2D eigenvalue weighted by Crippen LogP contribution is 2.27. The van der Waals surface area contributed by atoms with Crippen LogP contribution < -0.4 is 15.2 Å². The predicted octanol–water partition coefficient (Wildman–Crippen LogP) is 2.73. The molecule has 154 valence electrons. The number of carbonyl (C=O) groups is 1. The highest BCUT2D eigenvalue weighted by molar-refractivity contribution is 6.10. The van der Waals surface area contributed by atoms with Crippen molar-refractivity contribution in [2.45, 2.75) is 0 Å². The van der Waals surface area contributed by atoms with E-state index in [4.69, 9.17) is 19.9 Å². The van der Waals surface area contributed by atoms with E-state index in [-0.39, 0.29) is 0 Å². The molecule has 2 heterocycles. The van der Waals surface area contributed by atoms with Crippen molar-refractivity contribution < 1.29 is 19.0 Å². The zero-order valence-electron chi connectivity index (χ0n) is 16.7. The quantitative estimate of drug-likeness (QED) is 0.456. The molecule has 3 aromatic rings. The fourth-order valence-electron chi connectivity index (χ4n) is 2.61. The summed E-state index contributed by atoms with van der Waals surface area (Å²) in [7, 11) is 4.37. The minimum absolute atomic E-state index is 0.313. The molecule has 0 aliphatic carbocycles. The molecule has 0 unspecified atom stereocenters. The Hall–Kier alpha value is -4.14. The summed E-state index contributed by atoms with van der Waals surface area (Å²) in [6.45, 7) is 0. The van der Waals surface area contributed by atoms with Gasteiger partial charge in [-0.3, -0.25) is 0 Å². The van der Waals surface area contributed by atoms with Crippen molar-refractivity contribution in [2.24, 2.45) is 10.7 Å². The number of H-pyrrole nitrogens is 1. The van der Waals surface area contributed by atoms with E-state index in [1.807, 2.05) is 0 Å². The molecule has 0 aliphatic heterocycles. The molecule has 0 spiro atoms. The van der Waals surface area contributed by atoms with E-state index in [1.54, 1.807) is 54.9 Å². The number of allylic oxidation sites excluding steroid dienone is 1. The van der Waals surface area contributed by atoms with Gasteiger partial charge in [0, 0.05) is 18.1 Å². The average Bonchev–Trinajstić information content (AvgIpc) is 3.33. The van der Waals surface area contributed by atoms with Gasteiger partial charge in [0.15, 0.2) is 17.4 Å². The van der Waals surface area contributed by atoms with Gasteiger partial charge in [-0.2, -0.15) is 4.98 Å². The van der Waals surface area contributed by atoms with E-state index in [0.29, 0.717) is 45.8 Å². The third-order valence-electron chi connectivity index (χ3n) is 4.13. The van der Waals surface area contributed by atoms with Crippen molar-refractivity contribution >= 4 is 23.2 Å². The molecule has 2 aromatic heterocycles. The predicted molar refractivity (Wildman–Crippen MR) is 112 cm³/mol. The highest BCUT2D eigenvalue weighted by atomic mass is 16.5. The lowest BCUT2D eigenvalue weighted by Gasteiger charge is -2.07. The summed E-state index contributed by atoms with van der Waals surface area (Å²) in [4.78, 5) is 27.8. The molecule has 0 bridgehead atoms. The standard InChI is InChI=1S/C21H21N5O4/c1-28-17-8-9-18(26-20(17)29-2)25-16(19-23-10-11-24-19)12-15(22)13-4-6-14(7-5-13)21(27)30-3/h4-12H,22H2,1-3H3,(H,23,24)/b15-12-,25-16?. The van der Waals surface area contributed by atoms with Gasteiger partial charge in [0.05, 0.1) is 26.9 Å². The molecule has 3 N–H and O–H groups in total. The first-order chi connectivity index (χ1) is 14.5. The first kappa shape index (κ1) is 20.6. The molecule has 1 aromatic carbocycles. The third-order valence-corrected chi connectivity index (χ3v) is 4.13. The number of carbonyl (C=O) groups excluding carboxylic acids is 1. The lowest BCUT2D eigenvalue weighted by Crippen LogP contribution is -2.06. The zero-order chi connectivity index (χ0) is 21.5. The van der Waals surface area contributed by atoms with Gasteiger partial charge in [0.1, 0.15) is 5.71 Å². The van der Waals surface area contributed by atoms with Crippen LogP contribution in [0.1, 0.15) is 21.7 Å². The zero-order valence-corrected chi connectivity index (χ0v) is 16.7. The number of hydrogen-bond acceptors (Lipinski definition) is 8. The number of esters is 1. The number of methoxy groups -OCH3 is 3. The first-order valence-corrected chi connectivity index (χ1v) is 8.89. The lowest BCUT2D eigenvalue weighted by molar-refractivity contribution is 0.0600. The first-order valence-electron chi connectivity index (χ1n) is 8.89. The summed E-state index contributed by atoms with van der Waals surface area (Å²) < 4.78 is 15.1. The molecule has 0 radical (unpaired) electrons. The third kappa shape index (κ3) is 4.64. The van der Waals surface area contributed by atoms with Gasteiger partial charge in [-0.25, -0.2) is 14.8 Å². The van der Waals surface area contributed by atoms with Crippen LogP contribution >= 0.6 is 0 Å². The van der Waals surface area contributed by atoms with Crippen LogP contribution in [0.4, 0.5) is 5.82 Å². The smallest absolute Gasteiger partial charge is 0.337 e. The maximum atomic E-state index is 11.6. The van der Waals surface area contributed by atoms with E-state index in [2.05, 4.69) is 19.9 Å². The molecule has 9 nitrogen and oxygen atoms in total. The van der Waals surface area contributed by atoms with Crippen LogP contribution in [0.3, 0.4) is 0 Å². The van der Waals surface area contributed by atoms with Crippen LogP contribution in [0, 0.1) is 0 Å². The fraction of sp³-hybridized carbons (Fsp3) is 0.143. The molecule has 0 fully saturated rings. The summed E-state index contributed by atoms with van der Waals surface area (Å²) in [5.74, 6) is 1.30. The summed E-state index contributed by atoms with van der Waals surface area (Å²) in [6.07, 6.45) is 4.97. The van der Waals surface area contributed by atoms with Crippen molar-refractivity contribution in [2.75, 3.05) is 21.3 Å². The lowest BCUT2D eigenvalue weighted by atomic mass is 10.1. The fourth-order valence-corrected chi connectivity index (χ4v) is 2.61. The SMILES string of the molecule is COC(=O)c1ccc(/C(N)=C/C(=Nc2ccc(OC)c(OC)n2)c2ncc[nH]2)cc1. The van der Waals surface area contributed by atoms with Crippen molar-refractivity contribution in [3.05, 3.63) is 71.8 Å². The van der Waals surface area contributed by atoms with Crippen LogP contribution in [-0.4, -0.2) is 48.0 Å². The number of imidazole rings is 1. The van der Waals surface area contributed by atoms with Gasteiger partial charge >= 0.3 is 5.97 Å². The molecule has 0 aliphatic rings. The summed E-state index contributed by atoms with van der Waals surface area (Å²) in [5.41, 5.74) is 8.32. The molecule has 0 saturated carbocycles. The van der Waals surface area contributed by atoms with Crippen LogP contribution in [-0.2, 0) is 4.74 Å². The van der Waals surface area contributed by atoms with Gasteiger partial charge in [-0.1, -0.05) is 12.1 Å². The number of aliphatic imine (C=N–C) groups is 1. The maximum absolute atomic E-state index is 11.6. The Labute approximate surface area is 173 Å². The Morgan fingerprint density at radius 2 is 1.80 bits per heavy atom. The van der Waals surface area contributed by atoms with Crippen LogP contribution in [0.5, 0.6) is 11.6 Å². The molecule has 0 atom stereocenters. The molecule has 9 heteroatoms. The van der Waals surface area contributed by atoms with Gasteiger partial charge in [-0.15, -0.1) is 0 Å². The van der Waals surface area contributed by atoms with Gasteiger partial charge in [0.2, 0.25) is 0 Å². The highest BCUT2D eigenvalue weighted by Gasteiger charge is 2.11. The second-order valence-corrected chi connectivity index (χ2v) is 5.98. The molecular formula is C21H21N5O4. The number of rotatable bonds is 7. The second kappa shape index (κ2) is 9.37. The largest absolute Gasteiger partial charge is 0.491 e. The average molecular weight is 407 g/mol. The van der Waals surface area contributed by atoms with E-state index < -0.39 is 5.97 Å². The normalized spacial score (nSPS) is 11.8. The van der Waals surface area contributed by atoms with E-state index in [0.717, 1.165) is 0 Å². The monoisotopic (exact) mass is 407 g/mol. The number of benzene rings is 1. The molecule has 0 amide bonds. The van der Waals surface area contributed by atoms with Crippen molar-refractivity contribution in [1.82, 2.24) is 15.0 Å². The number of aromatic nitrogens is 3. The van der Waals surface area contributed by atoms with Crippen molar-refractivity contribution in [3.8, 4) is 11.6 Å². The van der Waals surface area contributed by atoms with Gasteiger partial charge < -0.3 is 24.9 Å². The number of nitrogens with two attached hydrogens (primary N) is 1. The van der Waals surface area contributed by atoms with Crippen molar-refractivity contribution in [3.63, 3.8) is 0 Å². The minimum Gasteiger partial charge on any atom is -0.491 e. The molecule has 0 saturated heterocycles. The number of nitrogens with one attached hydrogen (secondary N) is 1. The minimum atomic E-state index is -0.415. The topological polar surface area (TPSA) is 125 Å². The molecule has 3 rings (SSSR count). The Kier molecular flexibility index (Phi) is 6.43.